The van der Waals surface area contributed by atoms with E-state index in [-0.39, 0.29) is 5.56 Å². The number of rotatable bonds is 7. The van der Waals surface area contributed by atoms with Crippen molar-refractivity contribution in [2.24, 2.45) is 0 Å². The van der Waals surface area contributed by atoms with Crippen molar-refractivity contribution in [2.45, 2.75) is 39.3 Å². The molecular formula is C24H28N4O3. The van der Waals surface area contributed by atoms with Crippen LogP contribution in [0, 0.1) is 0 Å². The molecule has 7 nitrogen and oxygen atoms in total. The number of nitrogens with one attached hydrogen (secondary N) is 1. The Balaban J connectivity index is 1.49. The number of nitrogens with zero attached hydrogens (tertiary/aromatic N) is 3. The van der Waals surface area contributed by atoms with Gasteiger partial charge in [0, 0.05) is 44.2 Å². The molecule has 0 unspecified atom stereocenters. The van der Waals surface area contributed by atoms with E-state index in [1.807, 2.05) is 30.5 Å². The van der Waals surface area contributed by atoms with Crippen LogP contribution < -0.4 is 15.0 Å². The van der Waals surface area contributed by atoms with Crippen LogP contribution in [0.5, 0.6) is 11.5 Å². The molecule has 2 aromatic heterocycles. The molecule has 3 aromatic rings. The molecular weight excluding hydrogens is 392 g/mol. The molecule has 0 amide bonds. The van der Waals surface area contributed by atoms with E-state index in [1.54, 1.807) is 14.2 Å². The minimum absolute atomic E-state index is 0.00302. The van der Waals surface area contributed by atoms with Crippen LogP contribution in [0.15, 0.2) is 41.3 Å². The average molecular weight is 421 g/mol. The zero-order valence-electron chi connectivity index (χ0n) is 18.3. The number of aromatic amines is 1. The first-order valence-electron chi connectivity index (χ1n) is 10.6. The largest absolute Gasteiger partial charge is 0.497 e. The number of pyridine rings is 1. The van der Waals surface area contributed by atoms with Gasteiger partial charge in [0.25, 0.3) is 5.56 Å². The zero-order chi connectivity index (χ0) is 21.8. The molecule has 3 heterocycles. The lowest BCUT2D eigenvalue weighted by atomic mass is 10.1. The Morgan fingerprint density at radius 1 is 1.16 bits per heavy atom. The number of hydrogen-bond acceptors (Lipinski definition) is 6. The van der Waals surface area contributed by atoms with Gasteiger partial charge in [-0.3, -0.25) is 14.7 Å². The van der Waals surface area contributed by atoms with E-state index in [4.69, 9.17) is 9.47 Å². The van der Waals surface area contributed by atoms with Crippen molar-refractivity contribution in [3.8, 4) is 22.8 Å². The van der Waals surface area contributed by atoms with Crippen molar-refractivity contribution in [2.75, 3.05) is 20.8 Å². The maximum Gasteiger partial charge on any atom is 0.255 e. The summed E-state index contributed by atoms with van der Waals surface area (Å²) in [7, 11) is 3.29. The lowest BCUT2D eigenvalue weighted by Crippen LogP contribution is -2.35. The van der Waals surface area contributed by atoms with Crippen molar-refractivity contribution in [1.29, 1.82) is 0 Å². The second-order valence-electron chi connectivity index (χ2n) is 7.77. The second-order valence-corrected chi connectivity index (χ2v) is 7.77. The molecule has 0 radical (unpaired) electrons. The lowest BCUT2D eigenvalue weighted by molar-refractivity contribution is 0.241. The Bertz CT molecular complexity index is 1110. The fourth-order valence-electron chi connectivity index (χ4n) is 3.97. The minimum Gasteiger partial charge on any atom is -0.497 e. The van der Waals surface area contributed by atoms with Gasteiger partial charge in [0.2, 0.25) is 0 Å². The summed E-state index contributed by atoms with van der Waals surface area (Å²) in [6, 6.07) is 9.74. The number of aryl methyl sites for hydroxylation is 1. The topological polar surface area (TPSA) is 80.3 Å². The van der Waals surface area contributed by atoms with E-state index in [0.29, 0.717) is 6.54 Å². The molecule has 1 aliphatic rings. The minimum atomic E-state index is -0.00302. The molecule has 162 valence electrons. The third-order valence-electron chi connectivity index (χ3n) is 5.60. The highest BCUT2D eigenvalue weighted by Gasteiger charge is 2.21. The van der Waals surface area contributed by atoms with Crippen LogP contribution >= 0.6 is 0 Å². The van der Waals surface area contributed by atoms with Crippen LogP contribution in [0.4, 0.5) is 0 Å². The first kappa shape index (κ1) is 21.1. The smallest absolute Gasteiger partial charge is 0.255 e. The summed E-state index contributed by atoms with van der Waals surface area (Å²) in [5, 5.41) is 0. The van der Waals surface area contributed by atoms with E-state index < -0.39 is 0 Å². The molecule has 0 atom stereocenters. The summed E-state index contributed by atoms with van der Waals surface area (Å²) >= 11 is 0. The van der Waals surface area contributed by atoms with Gasteiger partial charge in [-0.05, 0) is 36.2 Å². The zero-order valence-corrected chi connectivity index (χ0v) is 18.3. The van der Waals surface area contributed by atoms with Crippen LogP contribution in [-0.4, -0.2) is 40.6 Å². The summed E-state index contributed by atoms with van der Waals surface area (Å²) in [6.45, 7) is 4.30. The van der Waals surface area contributed by atoms with Gasteiger partial charge in [-0.15, -0.1) is 0 Å². The lowest BCUT2D eigenvalue weighted by Gasteiger charge is -2.27. The normalized spacial score (nSPS) is 13.6. The standard InChI is InChI=1S/C24H28N4O3/c1-4-5-23-26-21-10-11-28(15-19(21)24(29)27-23)14-16-6-8-20(25-13-16)18-12-17(30-2)7-9-22(18)31-3/h6-9,12-13H,4-5,10-11,14-15H2,1-3H3,(H,26,27,29). The maximum absolute atomic E-state index is 12.5. The molecule has 0 saturated carbocycles. The molecule has 31 heavy (non-hydrogen) atoms. The molecule has 0 fully saturated rings. The van der Waals surface area contributed by atoms with Crippen LogP contribution in [0.1, 0.15) is 36.0 Å². The van der Waals surface area contributed by atoms with Gasteiger partial charge in [-0.2, -0.15) is 0 Å². The molecule has 0 saturated heterocycles. The number of H-pyrrole nitrogens is 1. The molecule has 1 N–H and O–H groups in total. The first-order valence-corrected chi connectivity index (χ1v) is 10.6. The van der Waals surface area contributed by atoms with E-state index in [1.165, 1.54) is 0 Å². The number of fused-ring (bicyclic) bond motifs is 1. The Morgan fingerprint density at radius 2 is 2.03 bits per heavy atom. The molecule has 0 aliphatic carbocycles. The van der Waals surface area contributed by atoms with Gasteiger partial charge in [0.15, 0.2) is 0 Å². The highest BCUT2D eigenvalue weighted by Crippen LogP contribution is 2.32. The average Bonchev–Trinajstić information content (AvgIpc) is 2.80. The summed E-state index contributed by atoms with van der Waals surface area (Å²) in [5.41, 5.74) is 4.55. The van der Waals surface area contributed by atoms with Gasteiger partial charge >= 0.3 is 0 Å². The van der Waals surface area contributed by atoms with Crippen molar-refractivity contribution in [3.63, 3.8) is 0 Å². The van der Waals surface area contributed by atoms with Crippen molar-refractivity contribution in [3.05, 3.63) is 69.5 Å². The maximum atomic E-state index is 12.5. The fraction of sp³-hybridized carbons (Fsp3) is 0.375. The predicted octanol–water partition coefficient (Wildman–Crippen LogP) is 3.36. The van der Waals surface area contributed by atoms with Crippen molar-refractivity contribution >= 4 is 0 Å². The monoisotopic (exact) mass is 420 g/mol. The highest BCUT2D eigenvalue weighted by molar-refractivity contribution is 5.69. The van der Waals surface area contributed by atoms with E-state index in [9.17, 15) is 4.79 Å². The Hall–Kier alpha value is -3.19. The van der Waals surface area contributed by atoms with E-state index in [0.717, 1.165) is 77.8 Å². The fourth-order valence-corrected chi connectivity index (χ4v) is 3.97. The predicted molar refractivity (Wildman–Crippen MR) is 119 cm³/mol. The summed E-state index contributed by atoms with van der Waals surface area (Å²) in [5.74, 6) is 2.31. The van der Waals surface area contributed by atoms with Gasteiger partial charge in [0.1, 0.15) is 17.3 Å². The molecule has 7 heteroatoms. The van der Waals surface area contributed by atoms with Crippen LogP contribution in [0.2, 0.25) is 0 Å². The summed E-state index contributed by atoms with van der Waals surface area (Å²) in [6.07, 6.45) is 4.46. The van der Waals surface area contributed by atoms with E-state index in [2.05, 4.69) is 32.8 Å². The second kappa shape index (κ2) is 9.31. The Labute approximate surface area is 182 Å². The molecule has 1 aliphatic heterocycles. The number of aromatic nitrogens is 3. The highest BCUT2D eigenvalue weighted by atomic mass is 16.5. The summed E-state index contributed by atoms with van der Waals surface area (Å²) < 4.78 is 10.8. The van der Waals surface area contributed by atoms with Crippen molar-refractivity contribution in [1.82, 2.24) is 19.9 Å². The number of methoxy groups -OCH3 is 2. The third kappa shape index (κ3) is 4.61. The van der Waals surface area contributed by atoms with Crippen molar-refractivity contribution < 1.29 is 9.47 Å². The van der Waals surface area contributed by atoms with Gasteiger partial charge < -0.3 is 14.5 Å². The summed E-state index contributed by atoms with van der Waals surface area (Å²) in [4.78, 5) is 27.0. The molecule has 4 rings (SSSR count). The van der Waals surface area contributed by atoms with E-state index >= 15 is 0 Å². The Morgan fingerprint density at radius 3 is 2.74 bits per heavy atom. The van der Waals surface area contributed by atoms with Crippen LogP contribution in [0.3, 0.4) is 0 Å². The Kier molecular flexibility index (Phi) is 6.32. The SMILES string of the molecule is CCCc1nc2c(c(=O)[nH]1)CN(Cc1ccc(-c3cc(OC)ccc3OC)nc1)CC2. The van der Waals surface area contributed by atoms with Crippen LogP contribution in [0.25, 0.3) is 11.3 Å². The quantitative estimate of drug-likeness (QED) is 0.631. The van der Waals surface area contributed by atoms with Gasteiger partial charge in [-0.1, -0.05) is 13.0 Å². The first-order chi connectivity index (χ1) is 15.1. The number of benzene rings is 1. The number of ether oxygens (including phenoxy) is 2. The van der Waals surface area contributed by atoms with Gasteiger partial charge in [0.05, 0.1) is 31.2 Å². The molecule has 0 bridgehead atoms. The number of hydrogen-bond donors (Lipinski definition) is 1. The van der Waals surface area contributed by atoms with Crippen LogP contribution in [-0.2, 0) is 25.9 Å². The molecule has 0 spiro atoms. The molecule has 1 aromatic carbocycles. The van der Waals surface area contributed by atoms with Gasteiger partial charge in [-0.25, -0.2) is 4.98 Å². The third-order valence-corrected chi connectivity index (χ3v) is 5.60.